The normalized spacial score (nSPS) is 11.9. The standard InChI is InChI=1S/C28H26ClN5O4/c1-35-26-9-22-21-8-24(34-28(31)23(21)13-33-25(22)10-27(26)36-2)16-6-20(12-32-11-16)38-15-18(30)14-37-19-5-3-4-17(29)7-19/h3-13,18H,14-15,30H2,1-2H3,(H2,31,34)/t18-/m0/s1. The topological polar surface area (TPSA) is 128 Å². The average Bonchev–Trinajstić information content (AvgIpc) is 2.94. The van der Waals surface area contributed by atoms with Gasteiger partial charge in [0.25, 0.3) is 0 Å². The van der Waals surface area contributed by atoms with Crippen LogP contribution in [0.4, 0.5) is 5.82 Å². The predicted octanol–water partition coefficient (Wildman–Crippen LogP) is 4.88. The van der Waals surface area contributed by atoms with Gasteiger partial charge in [-0.25, -0.2) is 4.98 Å². The predicted molar refractivity (Wildman–Crippen MR) is 148 cm³/mol. The molecule has 0 amide bonds. The fourth-order valence-electron chi connectivity index (χ4n) is 4.06. The number of fused-ring (bicyclic) bond motifs is 3. The summed E-state index contributed by atoms with van der Waals surface area (Å²) in [5, 5.41) is 3.08. The highest BCUT2D eigenvalue weighted by molar-refractivity contribution is 6.30. The summed E-state index contributed by atoms with van der Waals surface area (Å²) in [4.78, 5) is 13.4. The van der Waals surface area contributed by atoms with Gasteiger partial charge in [-0.2, -0.15) is 0 Å². The third kappa shape index (κ3) is 5.34. The van der Waals surface area contributed by atoms with E-state index in [4.69, 9.17) is 42.0 Å². The molecule has 0 radical (unpaired) electrons. The molecule has 10 heteroatoms. The number of methoxy groups -OCH3 is 2. The minimum atomic E-state index is -0.363. The van der Waals surface area contributed by atoms with Gasteiger partial charge in [-0.05, 0) is 41.8 Å². The number of rotatable bonds is 9. The first-order valence-corrected chi connectivity index (χ1v) is 12.2. The van der Waals surface area contributed by atoms with Crippen molar-refractivity contribution in [2.75, 3.05) is 33.2 Å². The second kappa shape index (κ2) is 11.0. The van der Waals surface area contributed by atoms with Crippen LogP contribution in [0.2, 0.25) is 5.02 Å². The summed E-state index contributed by atoms with van der Waals surface area (Å²) in [6, 6.07) is 14.3. The van der Waals surface area contributed by atoms with Crippen LogP contribution in [0, 0.1) is 0 Å². The number of anilines is 1. The Bertz CT molecular complexity index is 1610. The zero-order valence-electron chi connectivity index (χ0n) is 20.8. The molecule has 2 aromatic carbocycles. The van der Waals surface area contributed by atoms with Gasteiger partial charge < -0.3 is 30.4 Å². The Hall–Kier alpha value is -4.34. The van der Waals surface area contributed by atoms with E-state index in [-0.39, 0.29) is 19.3 Å². The third-order valence-corrected chi connectivity index (χ3v) is 6.18. The summed E-state index contributed by atoms with van der Waals surface area (Å²) < 4.78 is 22.5. The Labute approximate surface area is 224 Å². The number of hydrogen-bond acceptors (Lipinski definition) is 9. The molecule has 5 aromatic rings. The zero-order valence-corrected chi connectivity index (χ0v) is 21.6. The highest BCUT2D eigenvalue weighted by atomic mass is 35.5. The molecule has 4 N–H and O–H groups in total. The lowest BCUT2D eigenvalue weighted by Crippen LogP contribution is -2.34. The quantitative estimate of drug-likeness (QED) is 0.256. The molecule has 0 unspecified atom stereocenters. The van der Waals surface area contributed by atoms with Crippen LogP contribution >= 0.6 is 11.6 Å². The van der Waals surface area contributed by atoms with Crippen molar-refractivity contribution in [3.05, 3.63) is 72.1 Å². The van der Waals surface area contributed by atoms with E-state index in [9.17, 15) is 0 Å². The van der Waals surface area contributed by atoms with Gasteiger partial charge in [0.15, 0.2) is 11.5 Å². The minimum absolute atomic E-state index is 0.233. The smallest absolute Gasteiger partial charge is 0.162 e. The van der Waals surface area contributed by atoms with Crippen molar-refractivity contribution in [3.63, 3.8) is 0 Å². The Morgan fingerprint density at radius 1 is 0.842 bits per heavy atom. The molecule has 0 fully saturated rings. The number of aromatic nitrogens is 3. The van der Waals surface area contributed by atoms with Crippen molar-refractivity contribution >= 4 is 39.1 Å². The first-order valence-electron chi connectivity index (χ1n) is 11.8. The maximum Gasteiger partial charge on any atom is 0.162 e. The summed E-state index contributed by atoms with van der Waals surface area (Å²) >= 11 is 5.99. The molecule has 194 valence electrons. The number of pyridine rings is 3. The third-order valence-electron chi connectivity index (χ3n) is 5.95. The van der Waals surface area contributed by atoms with E-state index < -0.39 is 0 Å². The van der Waals surface area contributed by atoms with Crippen molar-refractivity contribution in [3.8, 4) is 34.3 Å². The van der Waals surface area contributed by atoms with E-state index in [1.54, 1.807) is 44.9 Å². The van der Waals surface area contributed by atoms with E-state index >= 15 is 0 Å². The van der Waals surface area contributed by atoms with Gasteiger partial charge in [0.1, 0.15) is 30.5 Å². The Morgan fingerprint density at radius 2 is 1.61 bits per heavy atom. The van der Waals surface area contributed by atoms with Gasteiger partial charge in [-0.15, -0.1) is 0 Å². The molecule has 0 bridgehead atoms. The molecule has 3 aromatic heterocycles. The van der Waals surface area contributed by atoms with Gasteiger partial charge in [0.05, 0.1) is 37.7 Å². The van der Waals surface area contributed by atoms with Crippen molar-refractivity contribution in [2.24, 2.45) is 5.73 Å². The molecular weight excluding hydrogens is 506 g/mol. The monoisotopic (exact) mass is 531 g/mol. The van der Waals surface area contributed by atoms with E-state index in [0.717, 1.165) is 27.2 Å². The fraction of sp³-hybridized carbons (Fsp3) is 0.179. The molecule has 3 heterocycles. The van der Waals surface area contributed by atoms with Crippen molar-refractivity contribution < 1.29 is 18.9 Å². The van der Waals surface area contributed by atoms with Gasteiger partial charge in [0, 0.05) is 39.8 Å². The van der Waals surface area contributed by atoms with Crippen LogP contribution < -0.4 is 30.4 Å². The summed E-state index contributed by atoms with van der Waals surface area (Å²) in [6.45, 7) is 0.502. The van der Waals surface area contributed by atoms with E-state index in [1.165, 1.54) is 0 Å². The maximum absolute atomic E-state index is 6.34. The van der Waals surface area contributed by atoms with Crippen LogP contribution in [0.25, 0.3) is 32.9 Å². The maximum atomic E-state index is 6.34. The van der Waals surface area contributed by atoms with Gasteiger partial charge >= 0.3 is 0 Å². The molecule has 0 saturated heterocycles. The first-order chi connectivity index (χ1) is 18.4. The SMILES string of the molecule is COc1cc2ncc3c(N)nc(-c4cncc(OC[C@@H](N)COc5cccc(Cl)c5)c4)cc3c2cc1OC. The number of halogens is 1. The van der Waals surface area contributed by atoms with Crippen LogP contribution in [-0.4, -0.2) is 48.4 Å². The number of nitrogens with zero attached hydrogens (tertiary/aromatic N) is 3. The molecule has 0 saturated carbocycles. The summed E-state index contributed by atoms with van der Waals surface area (Å²) in [5.74, 6) is 2.74. The van der Waals surface area contributed by atoms with E-state index in [2.05, 4.69) is 15.0 Å². The van der Waals surface area contributed by atoms with Gasteiger partial charge in [-0.3, -0.25) is 9.97 Å². The Balaban J connectivity index is 1.38. The first kappa shape index (κ1) is 25.3. The number of benzene rings is 2. The second-order valence-electron chi connectivity index (χ2n) is 8.59. The van der Waals surface area contributed by atoms with Crippen LogP contribution in [0.15, 0.2) is 67.1 Å². The lowest BCUT2D eigenvalue weighted by Gasteiger charge is -2.15. The van der Waals surface area contributed by atoms with Crippen LogP contribution in [0.1, 0.15) is 0 Å². The van der Waals surface area contributed by atoms with Crippen LogP contribution in [-0.2, 0) is 0 Å². The number of nitrogen functional groups attached to an aromatic ring is 1. The van der Waals surface area contributed by atoms with Crippen molar-refractivity contribution in [2.45, 2.75) is 6.04 Å². The molecule has 5 rings (SSSR count). The fourth-order valence-corrected chi connectivity index (χ4v) is 4.24. The Kier molecular flexibility index (Phi) is 7.30. The number of hydrogen-bond donors (Lipinski definition) is 2. The molecule has 0 aliphatic carbocycles. The molecule has 9 nitrogen and oxygen atoms in total. The molecule has 0 aliphatic heterocycles. The highest BCUT2D eigenvalue weighted by Gasteiger charge is 2.14. The molecule has 0 spiro atoms. The van der Waals surface area contributed by atoms with E-state index in [0.29, 0.717) is 39.5 Å². The zero-order chi connectivity index (χ0) is 26.6. The summed E-state index contributed by atoms with van der Waals surface area (Å²) in [5.41, 5.74) is 14.6. The number of ether oxygens (including phenoxy) is 4. The molecule has 0 aliphatic rings. The lowest BCUT2D eigenvalue weighted by molar-refractivity contribution is 0.220. The minimum Gasteiger partial charge on any atom is -0.493 e. The molecular formula is C28H26ClN5O4. The number of nitrogens with two attached hydrogens (primary N) is 2. The lowest BCUT2D eigenvalue weighted by atomic mass is 10.0. The Morgan fingerprint density at radius 3 is 2.37 bits per heavy atom. The average molecular weight is 532 g/mol. The molecule has 1 atom stereocenters. The van der Waals surface area contributed by atoms with Crippen LogP contribution in [0.3, 0.4) is 0 Å². The largest absolute Gasteiger partial charge is 0.493 e. The van der Waals surface area contributed by atoms with Gasteiger partial charge in [-0.1, -0.05) is 17.7 Å². The second-order valence-corrected chi connectivity index (χ2v) is 9.02. The van der Waals surface area contributed by atoms with Crippen molar-refractivity contribution in [1.82, 2.24) is 15.0 Å². The van der Waals surface area contributed by atoms with E-state index in [1.807, 2.05) is 36.4 Å². The highest BCUT2D eigenvalue weighted by Crippen LogP contribution is 2.37. The van der Waals surface area contributed by atoms with Crippen molar-refractivity contribution in [1.29, 1.82) is 0 Å². The molecule has 38 heavy (non-hydrogen) atoms. The van der Waals surface area contributed by atoms with Gasteiger partial charge in [0.2, 0.25) is 0 Å². The van der Waals surface area contributed by atoms with Crippen LogP contribution in [0.5, 0.6) is 23.0 Å². The summed E-state index contributed by atoms with van der Waals surface area (Å²) in [6.07, 6.45) is 5.03. The summed E-state index contributed by atoms with van der Waals surface area (Å²) in [7, 11) is 3.18.